The zero-order valence-electron chi connectivity index (χ0n) is 9.79. The molecule has 1 N–H and O–H groups in total. The van der Waals surface area contributed by atoms with Crippen molar-refractivity contribution in [2.45, 2.75) is 26.2 Å². The van der Waals surface area contributed by atoms with Crippen LogP contribution in [-0.2, 0) is 6.42 Å². The maximum atomic E-state index is 9.39. The molecule has 2 rings (SSSR count). The first-order valence-electron chi connectivity index (χ1n) is 5.92. The van der Waals surface area contributed by atoms with E-state index in [1.54, 1.807) is 0 Å². The first kappa shape index (κ1) is 11.2. The Labute approximate surface area is 97.3 Å². The zero-order chi connectivity index (χ0) is 11.4. The van der Waals surface area contributed by atoms with Crippen molar-refractivity contribution in [3.8, 4) is 6.07 Å². The molecule has 0 unspecified atom stereocenters. The lowest BCUT2D eigenvalue weighted by atomic mass is 9.75. The van der Waals surface area contributed by atoms with Crippen molar-refractivity contribution in [3.63, 3.8) is 0 Å². The van der Waals surface area contributed by atoms with Gasteiger partial charge >= 0.3 is 0 Å². The second kappa shape index (κ2) is 4.67. The van der Waals surface area contributed by atoms with Gasteiger partial charge in [-0.2, -0.15) is 5.26 Å². The van der Waals surface area contributed by atoms with Gasteiger partial charge in [0, 0.05) is 0 Å². The van der Waals surface area contributed by atoms with Gasteiger partial charge in [0.25, 0.3) is 0 Å². The lowest BCUT2D eigenvalue weighted by molar-refractivity contribution is 0.280. The van der Waals surface area contributed by atoms with Crippen LogP contribution in [0.25, 0.3) is 0 Å². The summed E-state index contributed by atoms with van der Waals surface area (Å²) < 4.78 is 0. The average Bonchev–Trinajstić information content (AvgIpc) is 2.30. The normalized spacial score (nSPS) is 19.0. The summed E-state index contributed by atoms with van der Waals surface area (Å²) >= 11 is 0. The standard InChI is InChI=1S/C14H18N2/c1-12-3-2-4-13(9-12)10-14(11-15)5-7-16-8-6-14/h2-4,9,16H,5-8,10H2,1H3. The van der Waals surface area contributed by atoms with Crippen LogP contribution in [0.3, 0.4) is 0 Å². The Morgan fingerprint density at radius 2 is 2.12 bits per heavy atom. The van der Waals surface area contributed by atoms with E-state index in [0.717, 1.165) is 32.4 Å². The van der Waals surface area contributed by atoms with Crippen molar-refractivity contribution in [2.75, 3.05) is 13.1 Å². The van der Waals surface area contributed by atoms with E-state index in [-0.39, 0.29) is 5.41 Å². The maximum absolute atomic E-state index is 9.39. The third kappa shape index (κ3) is 2.43. The summed E-state index contributed by atoms with van der Waals surface area (Å²) in [5.74, 6) is 0. The predicted molar refractivity (Wildman–Crippen MR) is 65.0 cm³/mol. The van der Waals surface area contributed by atoms with Crippen LogP contribution in [0.1, 0.15) is 24.0 Å². The van der Waals surface area contributed by atoms with Crippen molar-refractivity contribution >= 4 is 0 Å². The summed E-state index contributed by atoms with van der Waals surface area (Å²) in [6, 6.07) is 11.1. The molecular weight excluding hydrogens is 196 g/mol. The van der Waals surface area contributed by atoms with Crippen molar-refractivity contribution in [2.24, 2.45) is 5.41 Å². The number of hydrogen-bond acceptors (Lipinski definition) is 2. The molecule has 84 valence electrons. The number of nitriles is 1. The van der Waals surface area contributed by atoms with Crippen molar-refractivity contribution in [3.05, 3.63) is 35.4 Å². The number of benzene rings is 1. The van der Waals surface area contributed by atoms with Gasteiger partial charge in [0.15, 0.2) is 0 Å². The van der Waals surface area contributed by atoms with Crippen LogP contribution >= 0.6 is 0 Å². The number of aryl methyl sites for hydroxylation is 1. The Morgan fingerprint density at radius 3 is 2.75 bits per heavy atom. The largest absolute Gasteiger partial charge is 0.317 e. The first-order chi connectivity index (χ1) is 7.74. The molecule has 0 aliphatic carbocycles. The molecule has 16 heavy (non-hydrogen) atoms. The van der Waals surface area contributed by atoms with E-state index >= 15 is 0 Å². The smallest absolute Gasteiger partial charge is 0.0694 e. The van der Waals surface area contributed by atoms with E-state index in [9.17, 15) is 5.26 Å². The maximum Gasteiger partial charge on any atom is 0.0694 e. The molecule has 2 heteroatoms. The quantitative estimate of drug-likeness (QED) is 0.820. The molecule has 2 nitrogen and oxygen atoms in total. The van der Waals surface area contributed by atoms with Gasteiger partial charge in [-0.05, 0) is 44.8 Å². The SMILES string of the molecule is Cc1cccc(CC2(C#N)CCNCC2)c1. The van der Waals surface area contributed by atoms with E-state index in [4.69, 9.17) is 0 Å². The van der Waals surface area contributed by atoms with Crippen LogP contribution in [-0.4, -0.2) is 13.1 Å². The van der Waals surface area contributed by atoms with Gasteiger partial charge in [0.05, 0.1) is 11.5 Å². The van der Waals surface area contributed by atoms with Gasteiger partial charge < -0.3 is 5.32 Å². The third-order valence-corrected chi connectivity index (χ3v) is 3.42. The molecule has 0 radical (unpaired) electrons. The third-order valence-electron chi connectivity index (χ3n) is 3.42. The summed E-state index contributed by atoms with van der Waals surface area (Å²) in [4.78, 5) is 0. The Hall–Kier alpha value is -1.33. The van der Waals surface area contributed by atoms with Gasteiger partial charge in [-0.15, -0.1) is 0 Å². The summed E-state index contributed by atoms with van der Waals surface area (Å²) in [6.45, 7) is 4.05. The fourth-order valence-corrected chi connectivity index (χ4v) is 2.45. The molecule has 0 atom stereocenters. The molecule has 0 saturated carbocycles. The van der Waals surface area contributed by atoms with Crippen molar-refractivity contribution in [1.29, 1.82) is 5.26 Å². The number of rotatable bonds is 2. The summed E-state index contributed by atoms with van der Waals surface area (Å²) in [6.07, 6.45) is 2.84. The number of nitrogens with zero attached hydrogens (tertiary/aromatic N) is 1. The average molecular weight is 214 g/mol. The summed E-state index contributed by atoms with van der Waals surface area (Å²) in [5.41, 5.74) is 2.43. The molecule has 1 fully saturated rings. The second-order valence-corrected chi connectivity index (χ2v) is 4.81. The molecular formula is C14H18N2. The minimum atomic E-state index is -0.140. The van der Waals surface area contributed by atoms with E-state index in [2.05, 4.69) is 42.6 Å². The van der Waals surface area contributed by atoms with Gasteiger partial charge in [-0.1, -0.05) is 29.8 Å². The summed E-state index contributed by atoms with van der Waals surface area (Å²) in [7, 11) is 0. The van der Waals surface area contributed by atoms with Gasteiger partial charge in [-0.3, -0.25) is 0 Å². The van der Waals surface area contributed by atoms with E-state index < -0.39 is 0 Å². The van der Waals surface area contributed by atoms with Gasteiger partial charge in [-0.25, -0.2) is 0 Å². The van der Waals surface area contributed by atoms with Crippen LogP contribution in [0, 0.1) is 23.7 Å². The molecule has 1 saturated heterocycles. The van der Waals surface area contributed by atoms with E-state index in [0.29, 0.717) is 0 Å². The lowest BCUT2D eigenvalue weighted by Gasteiger charge is -2.31. The predicted octanol–water partition coefficient (Wildman–Crippen LogP) is 2.43. The van der Waals surface area contributed by atoms with Crippen LogP contribution in [0.4, 0.5) is 0 Å². The van der Waals surface area contributed by atoms with Gasteiger partial charge in [0.1, 0.15) is 0 Å². The Morgan fingerprint density at radius 1 is 1.38 bits per heavy atom. The highest BCUT2D eigenvalue weighted by atomic mass is 14.9. The zero-order valence-corrected chi connectivity index (χ0v) is 9.79. The monoisotopic (exact) mass is 214 g/mol. The minimum Gasteiger partial charge on any atom is -0.317 e. The van der Waals surface area contributed by atoms with E-state index in [1.165, 1.54) is 11.1 Å². The van der Waals surface area contributed by atoms with Crippen LogP contribution in [0.5, 0.6) is 0 Å². The molecule has 1 aromatic carbocycles. The highest BCUT2D eigenvalue weighted by Crippen LogP contribution is 2.32. The lowest BCUT2D eigenvalue weighted by Crippen LogP contribution is -2.37. The molecule has 1 aromatic rings. The fourth-order valence-electron chi connectivity index (χ4n) is 2.45. The van der Waals surface area contributed by atoms with Crippen molar-refractivity contribution in [1.82, 2.24) is 5.32 Å². The van der Waals surface area contributed by atoms with Crippen molar-refractivity contribution < 1.29 is 0 Å². The molecule has 0 bridgehead atoms. The fraction of sp³-hybridized carbons (Fsp3) is 0.500. The number of piperidine rings is 1. The number of hydrogen-bond donors (Lipinski definition) is 1. The molecule has 0 spiro atoms. The molecule has 0 amide bonds. The van der Waals surface area contributed by atoms with Gasteiger partial charge in [0.2, 0.25) is 0 Å². The molecule has 1 heterocycles. The highest BCUT2D eigenvalue weighted by Gasteiger charge is 2.31. The second-order valence-electron chi connectivity index (χ2n) is 4.81. The Balaban J connectivity index is 2.15. The van der Waals surface area contributed by atoms with E-state index in [1.807, 2.05) is 0 Å². The van der Waals surface area contributed by atoms with Crippen LogP contribution in [0.15, 0.2) is 24.3 Å². The highest BCUT2D eigenvalue weighted by molar-refractivity contribution is 5.25. The molecule has 0 aromatic heterocycles. The Kier molecular flexibility index (Phi) is 3.26. The van der Waals surface area contributed by atoms with Crippen LogP contribution < -0.4 is 5.32 Å². The molecule has 1 aliphatic rings. The minimum absolute atomic E-state index is 0.140. The van der Waals surface area contributed by atoms with Crippen LogP contribution in [0.2, 0.25) is 0 Å². The first-order valence-corrected chi connectivity index (χ1v) is 5.92. The molecule has 1 aliphatic heterocycles. The topological polar surface area (TPSA) is 35.8 Å². The number of nitrogens with one attached hydrogen (secondary N) is 1. The Bertz CT molecular complexity index is 397. The summed E-state index contributed by atoms with van der Waals surface area (Å²) in [5, 5.41) is 12.7.